The Morgan fingerprint density at radius 1 is 1.05 bits per heavy atom. The molecule has 0 aliphatic heterocycles. The zero-order chi connectivity index (χ0) is 14.5. The van der Waals surface area contributed by atoms with Gasteiger partial charge in [-0.05, 0) is 24.3 Å². The van der Waals surface area contributed by atoms with Crippen molar-refractivity contribution >= 4 is 46.9 Å². The van der Waals surface area contributed by atoms with E-state index in [2.05, 4.69) is 10.5 Å². The van der Waals surface area contributed by atoms with Crippen molar-refractivity contribution < 1.29 is 4.79 Å². The molecule has 0 unspecified atom stereocenters. The van der Waals surface area contributed by atoms with Crippen molar-refractivity contribution in [1.82, 2.24) is 5.43 Å². The van der Waals surface area contributed by atoms with Gasteiger partial charge in [0.05, 0.1) is 21.8 Å². The monoisotopic (exact) mass is 326 g/mol. The first kappa shape index (κ1) is 14.9. The first-order valence-electron chi connectivity index (χ1n) is 5.61. The van der Waals surface area contributed by atoms with E-state index in [0.717, 1.165) is 0 Å². The van der Waals surface area contributed by atoms with E-state index in [-0.39, 0.29) is 0 Å². The molecule has 0 aromatic heterocycles. The molecule has 0 saturated carbocycles. The molecule has 0 fully saturated rings. The molecule has 6 heteroatoms. The Bertz CT molecular complexity index is 671. The quantitative estimate of drug-likeness (QED) is 0.658. The first-order chi connectivity index (χ1) is 9.58. The minimum absolute atomic E-state index is 0.355. The van der Waals surface area contributed by atoms with Gasteiger partial charge in [-0.25, -0.2) is 5.43 Å². The van der Waals surface area contributed by atoms with E-state index in [4.69, 9.17) is 34.8 Å². The highest BCUT2D eigenvalue weighted by Crippen LogP contribution is 2.19. The molecule has 0 aliphatic rings. The highest BCUT2D eigenvalue weighted by Gasteiger charge is 2.07. The second-order valence-corrected chi connectivity index (χ2v) is 5.10. The standard InChI is InChI=1S/C14H9Cl3N2O/c15-10-6-5-9(13(17)7-10)8-18-19-14(20)11-3-1-2-4-12(11)16/h1-8H,(H,19,20)/b18-8-. The van der Waals surface area contributed by atoms with Crippen LogP contribution in [0.15, 0.2) is 47.6 Å². The van der Waals surface area contributed by atoms with Crippen molar-refractivity contribution in [3.05, 3.63) is 68.7 Å². The van der Waals surface area contributed by atoms with Crippen LogP contribution in [-0.4, -0.2) is 12.1 Å². The van der Waals surface area contributed by atoms with Crippen molar-refractivity contribution in [3.63, 3.8) is 0 Å². The molecule has 0 atom stereocenters. The molecule has 2 aromatic carbocycles. The summed E-state index contributed by atoms with van der Waals surface area (Å²) in [5.74, 6) is -0.392. The van der Waals surface area contributed by atoms with Gasteiger partial charge in [-0.15, -0.1) is 0 Å². The number of halogens is 3. The Morgan fingerprint density at radius 3 is 2.50 bits per heavy atom. The summed E-state index contributed by atoms with van der Waals surface area (Å²) >= 11 is 17.7. The fraction of sp³-hybridized carbons (Fsp3) is 0. The number of nitrogens with zero attached hydrogens (tertiary/aromatic N) is 1. The SMILES string of the molecule is O=C(N/N=C\c1ccc(Cl)cc1Cl)c1ccccc1Cl. The van der Waals surface area contributed by atoms with Gasteiger partial charge in [-0.1, -0.05) is 53.0 Å². The maximum atomic E-state index is 11.8. The zero-order valence-corrected chi connectivity index (χ0v) is 12.4. The minimum atomic E-state index is -0.392. The second-order valence-electron chi connectivity index (χ2n) is 3.84. The van der Waals surface area contributed by atoms with Crippen LogP contribution in [0, 0.1) is 0 Å². The molecule has 2 rings (SSSR count). The smallest absolute Gasteiger partial charge is 0.267 e. The number of carbonyl (C=O) groups excluding carboxylic acids is 1. The van der Waals surface area contributed by atoms with E-state index in [0.29, 0.717) is 26.2 Å². The predicted octanol–water partition coefficient (Wildman–Crippen LogP) is 4.41. The molecule has 0 heterocycles. The van der Waals surface area contributed by atoms with Gasteiger partial charge in [0.25, 0.3) is 5.91 Å². The van der Waals surface area contributed by atoms with Crippen molar-refractivity contribution in [3.8, 4) is 0 Å². The molecule has 20 heavy (non-hydrogen) atoms. The topological polar surface area (TPSA) is 41.5 Å². The van der Waals surface area contributed by atoms with E-state index in [1.54, 1.807) is 42.5 Å². The average Bonchev–Trinajstić information content (AvgIpc) is 2.41. The lowest BCUT2D eigenvalue weighted by molar-refractivity contribution is 0.0955. The van der Waals surface area contributed by atoms with Gasteiger partial charge in [-0.3, -0.25) is 4.79 Å². The Balaban J connectivity index is 2.07. The molecule has 0 spiro atoms. The van der Waals surface area contributed by atoms with Crippen LogP contribution in [0.2, 0.25) is 15.1 Å². The zero-order valence-electron chi connectivity index (χ0n) is 10.1. The molecule has 0 aliphatic carbocycles. The number of hydrogen-bond acceptors (Lipinski definition) is 2. The largest absolute Gasteiger partial charge is 0.272 e. The number of benzene rings is 2. The van der Waals surface area contributed by atoms with Crippen LogP contribution in [-0.2, 0) is 0 Å². The summed E-state index contributed by atoms with van der Waals surface area (Å²) in [6.07, 6.45) is 1.44. The van der Waals surface area contributed by atoms with Gasteiger partial charge >= 0.3 is 0 Å². The lowest BCUT2D eigenvalue weighted by Gasteiger charge is -2.02. The van der Waals surface area contributed by atoms with Crippen LogP contribution < -0.4 is 5.43 Å². The summed E-state index contributed by atoms with van der Waals surface area (Å²) in [7, 11) is 0. The van der Waals surface area contributed by atoms with Crippen LogP contribution in [0.25, 0.3) is 0 Å². The van der Waals surface area contributed by atoms with Gasteiger partial charge in [-0.2, -0.15) is 5.10 Å². The van der Waals surface area contributed by atoms with Crippen molar-refractivity contribution in [2.45, 2.75) is 0 Å². The summed E-state index contributed by atoms with van der Waals surface area (Å²) in [6.45, 7) is 0. The molecular formula is C14H9Cl3N2O. The van der Waals surface area contributed by atoms with Crippen LogP contribution in [0.1, 0.15) is 15.9 Å². The summed E-state index contributed by atoms with van der Waals surface area (Å²) in [5, 5.41) is 5.19. The van der Waals surface area contributed by atoms with Crippen LogP contribution in [0.3, 0.4) is 0 Å². The van der Waals surface area contributed by atoms with Gasteiger partial charge < -0.3 is 0 Å². The molecule has 1 amide bonds. The number of hydrazone groups is 1. The Labute approximate surface area is 131 Å². The number of rotatable bonds is 3. The molecule has 2 aromatic rings. The van der Waals surface area contributed by atoms with Gasteiger partial charge in [0.2, 0.25) is 0 Å². The van der Waals surface area contributed by atoms with E-state index < -0.39 is 5.91 Å². The normalized spacial score (nSPS) is 10.8. The number of hydrogen-bond donors (Lipinski definition) is 1. The van der Waals surface area contributed by atoms with E-state index in [9.17, 15) is 4.79 Å². The van der Waals surface area contributed by atoms with Crippen LogP contribution in [0.5, 0.6) is 0 Å². The molecule has 0 saturated heterocycles. The van der Waals surface area contributed by atoms with Crippen LogP contribution >= 0.6 is 34.8 Å². The summed E-state index contributed by atoms with van der Waals surface area (Å²) in [6, 6.07) is 11.7. The maximum Gasteiger partial charge on any atom is 0.272 e. The van der Waals surface area contributed by atoms with Gasteiger partial charge in [0.15, 0.2) is 0 Å². The predicted molar refractivity (Wildman–Crippen MR) is 83.0 cm³/mol. The first-order valence-corrected chi connectivity index (χ1v) is 6.74. The molecule has 1 N–H and O–H groups in total. The third-order valence-electron chi connectivity index (χ3n) is 2.45. The van der Waals surface area contributed by atoms with E-state index in [1.807, 2.05) is 0 Å². The minimum Gasteiger partial charge on any atom is -0.267 e. The van der Waals surface area contributed by atoms with E-state index in [1.165, 1.54) is 6.21 Å². The number of amides is 1. The summed E-state index contributed by atoms with van der Waals surface area (Å²) in [5.41, 5.74) is 3.39. The fourth-order valence-corrected chi connectivity index (χ4v) is 2.15. The lowest BCUT2D eigenvalue weighted by atomic mass is 10.2. The highest BCUT2D eigenvalue weighted by molar-refractivity contribution is 6.36. The number of carbonyl (C=O) groups is 1. The highest BCUT2D eigenvalue weighted by atomic mass is 35.5. The van der Waals surface area contributed by atoms with Crippen molar-refractivity contribution in [2.75, 3.05) is 0 Å². The molecule has 0 radical (unpaired) electrons. The van der Waals surface area contributed by atoms with Crippen LogP contribution in [0.4, 0.5) is 0 Å². The molecular weight excluding hydrogens is 319 g/mol. The summed E-state index contributed by atoms with van der Waals surface area (Å²) < 4.78 is 0. The average molecular weight is 328 g/mol. The maximum absolute atomic E-state index is 11.8. The second kappa shape index (κ2) is 6.75. The molecule has 3 nitrogen and oxygen atoms in total. The Hall–Kier alpha value is -1.55. The Morgan fingerprint density at radius 2 is 1.80 bits per heavy atom. The molecule has 102 valence electrons. The van der Waals surface area contributed by atoms with Crippen molar-refractivity contribution in [2.24, 2.45) is 5.10 Å². The summed E-state index contributed by atoms with van der Waals surface area (Å²) in [4.78, 5) is 11.8. The Kier molecular flexibility index (Phi) is 5.01. The third kappa shape index (κ3) is 3.73. The fourth-order valence-electron chi connectivity index (χ4n) is 1.47. The van der Waals surface area contributed by atoms with Gasteiger partial charge in [0.1, 0.15) is 0 Å². The molecule has 0 bridgehead atoms. The van der Waals surface area contributed by atoms with Crippen molar-refractivity contribution in [1.29, 1.82) is 0 Å². The third-order valence-corrected chi connectivity index (χ3v) is 3.34. The van der Waals surface area contributed by atoms with E-state index >= 15 is 0 Å². The van der Waals surface area contributed by atoms with Gasteiger partial charge in [0, 0.05) is 10.6 Å². The number of nitrogens with one attached hydrogen (secondary N) is 1. The lowest BCUT2D eigenvalue weighted by Crippen LogP contribution is -2.17.